The molecule has 0 saturated heterocycles. The van der Waals surface area contributed by atoms with E-state index in [1.54, 1.807) is 5.57 Å². The average molecular weight is 957 g/mol. The highest BCUT2D eigenvalue weighted by atomic mass is 14.5. The van der Waals surface area contributed by atoms with E-state index in [0.29, 0.717) is 11.8 Å². The number of hydrogen-bond acceptors (Lipinski definition) is 0. The summed E-state index contributed by atoms with van der Waals surface area (Å²) in [7, 11) is 0. The topological polar surface area (TPSA) is 0 Å². The van der Waals surface area contributed by atoms with Crippen molar-refractivity contribution < 1.29 is 0 Å². The van der Waals surface area contributed by atoms with Crippen molar-refractivity contribution >= 4 is 48.7 Å². The molecule has 1 unspecified atom stereocenters. The maximum atomic E-state index is 2.53. The Labute approximate surface area is 440 Å². The summed E-state index contributed by atoms with van der Waals surface area (Å²) in [6, 6.07) is 74.9. The molecule has 0 heteroatoms. The normalized spacial score (nSPS) is 18.4. The van der Waals surface area contributed by atoms with Crippen LogP contribution >= 0.6 is 0 Å². The maximum absolute atomic E-state index is 2.53. The van der Waals surface area contributed by atoms with E-state index in [1.165, 1.54) is 149 Å². The summed E-state index contributed by atoms with van der Waals surface area (Å²) in [4.78, 5) is 0. The van der Waals surface area contributed by atoms with Crippen LogP contribution in [0.15, 0.2) is 224 Å². The quantitative estimate of drug-likeness (QED) is 0.122. The summed E-state index contributed by atoms with van der Waals surface area (Å²) in [5, 5.41) is 10.2. The van der Waals surface area contributed by atoms with Gasteiger partial charge in [0.15, 0.2) is 0 Å². The second-order valence-electron chi connectivity index (χ2n) is 23.8. The van der Waals surface area contributed by atoms with Gasteiger partial charge in [-0.3, -0.25) is 0 Å². The van der Waals surface area contributed by atoms with Crippen LogP contribution in [0.1, 0.15) is 74.9 Å². The first-order chi connectivity index (χ1) is 36.5. The Hall–Kier alpha value is -8.32. The Morgan fingerprint density at radius 2 is 0.653 bits per heavy atom. The predicted octanol–water partition coefficient (Wildman–Crippen LogP) is 20.0. The number of rotatable bonds is 4. The van der Waals surface area contributed by atoms with Gasteiger partial charge in [-0.1, -0.05) is 241 Å². The highest BCUT2D eigenvalue weighted by Gasteiger charge is 2.48. The van der Waals surface area contributed by atoms with E-state index < -0.39 is 0 Å². The van der Waals surface area contributed by atoms with Gasteiger partial charge in [0.2, 0.25) is 0 Å². The number of allylic oxidation sites excluding steroid dienone is 6. The zero-order valence-electron chi connectivity index (χ0n) is 43.4. The Kier molecular flexibility index (Phi) is 8.58. The van der Waals surface area contributed by atoms with Gasteiger partial charge in [-0.15, -0.1) is 0 Å². The molecule has 0 radical (unpaired) electrons. The lowest BCUT2D eigenvalue weighted by atomic mass is 9.53. The minimum atomic E-state index is -0.202. The van der Waals surface area contributed by atoms with E-state index in [1.807, 2.05) is 0 Å². The number of hydrogen-bond donors (Lipinski definition) is 0. The summed E-state index contributed by atoms with van der Waals surface area (Å²) in [5.41, 5.74) is 26.9. The number of fused-ring (bicyclic) bond motifs is 12. The van der Waals surface area contributed by atoms with Crippen molar-refractivity contribution in [2.75, 3.05) is 0 Å². The second-order valence-corrected chi connectivity index (χ2v) is 23.8. The molecular formula is C75H56. The molecule has 0 fully saturated rings. The minimum Gasteiger partial charge on any atom is -0.0767 e. The van der Waals surface area contributed by atoms with Gasteiger partial charge < -0.3 is 0 Å². The summed E-state index contributed by atoms with van der Waals surface area (Å²) in [6.07, 6.45) is 9.52. The van der Waals surface area contributed by atoms with Gasteiger partial charge >= 0.3 is 0 Å². The molecule has 11 aromatic carbocycles. The fourth-order valence-corrected chi connectivity index (χ4v) is 15.3. The van der Waals surface area contributed by atoms with E-state index in [0.717, 1.165) is 0 Å². The van der Waals surface area contributed by atoms with Crippen molar-refractivity contribution in [2.24, 2.45) is 11.8 Å². The van der Waals surface area contributed by atoms with Gasteiger partial charge in [0.1, 0.15) is 0 Å². The van der Waals surface area contributed by atoms with Crippen LogP contribution in [0.25, 0.3) is 115 Å². The third kappa shape index (κ3) is 5.67. The number of benzene rings is 11. The highest BCUT2D eigenvalue weighted by molar-refractivity contribution is 6.30. The Morgan fingerprint density at radius 3 is 1.12 bits per heavy atom. The molecule has 0 nitrogen and oxygen atoms in total. The molecule has 2 atom stereocenters. The van der Waals surface area contributed by atoms with Crippen LogP contribution in [0.5, 0.6) is 0 Å². The average Bonchev–Trinajstić information content (AvgIpc) is 3.80. The van der Waals surface area contributed by atoms with Gasteiger partial charge in [0.25, 0.3) is 0 Å². The van der Waals surface area contributed by atoms with Crippen molar-refractivity contribution in [3.8, 4) is 66.8 Å². The van der Waals surface area contributed by atoms with Crippen LogP contribution in [0.3, 0.4) is 0 Å². The van der Waals surface area contributed by atoms with E-state index in [9.17, 15) is 0 Å². The molecule has 0 aromatic heterocycles. The SMILES string of the molecule is CC1(C)C2=CC3C=CC=C(c4ccc(-c5ccc6c(c5)C(C)(C)c5cc(-c7c8ccccc8c(-c8c9ccccc9c(-c9ccc%10c(c9)C(C)(C)c9ccccc9-%10)c9ccccc89)c8ccccc78)ccc5-6)cc41)[C@@H]23. The molecular weight excluding hydrogens is 901 g/mol. The lowest BCUT2D eigenvalue weighted by Gasteiger charge is -2.51. The molecule has 5 aliphatic carbocycles. The molecule has 0 N–H and O–H groups in total. The lowest BCUT2D eigenvalue weighted by Crippen LogP contribution is -2.41. The minimum absolute atomic E-state index is 0.00533. The Morgan fingerprint density at radius 1 is 0.307 bits per heavy atom. The van der Waals surface area contributed by atoms with Crippen molar-refractivity contribution in [1.82, 2.24) is 0 Å². The molecule has 11 aromatic rings. The standard InChI is InChI=1S/C75H56/c1-73(2)62-29-16-15-19-48(62)49-36-32-46(40-65(49)73)68-54-20-7-11-24-58(54)71(59-25-12-8-21-55(59)68)72-60-26-13-9-22-56(60)69(57-23-10-14-27-61(57)72)47-33-37-51-50-34-30-43(38-63(50)74(3,4)66(51)41-47)44-31-35-52-53-28-17-18-45-42-67(70(45)53)75(5,6)64(52)39-44/h7-42,45,70H,1-6H3/t45?,70-/m0/s1. The van der Waals surface area contributed by atoms with Crippen molar-refractivity contribution in [2.45, 2.75) is 57.8 Å². The molecule has 5 aliphatic rings. The van der Waals surface area contributed by atoms with E-state index in [4.69, 9.17) is 0 Å². The van der Waals surface area contributed by atoms with E-state index in [2.05, 4.69) is 260 Å². The highest BCUT2D eigenvalue weighted by Crippen LogP contribution is 2.60. The largest absolute Gasteiger partial charge is 0.0767 e. The zero-order valence-corrected chi connectivity index (χ0v) is 43.4. The first-order valence-corrected chi connectivity index (χ1v) is 27.2. The summed E-state index contributed by atoms with van der Waals surface area (Å²) >= 11 is 0. The van der Waals surface area contributed by atoms with Crippen LogP contribution in [0, 0.1) is 11.8 Å². The van der Waals surface area contributed by atoms with Crippen LogP contribution < -0.4 is 0 Å². The van der Waals surface area contributed by atoms with Crippen molar-refractivity contribution in [1.29, 1.82) is 0 Å². The molecule has 356 valence electrons. The molecule has 0 saturated carbocycles. The third-order valence-electron chi connectivity index (χ3n) is 19.0. The van der Waals surface area contributed by atoms with Gasteiger partial charge in [0.05, 0.1) is 0 Å². The molecule has 0 heterocycles. The van der Waals surface area contributed by atoms with Gasteiger partial charge in [-0.2, -0.15) is 0 Å². The molecule has 0 spiro atoms. The van der Waals surface area contributed by atoms with Crippen LogP contribution in [-0.2, 0) is 16.2 Å². The van der Waals surface area contributed by atoms with E-state index >= 15 is 0 Å². The first kappa shape index (κ1) is 43.1. The van der Waals surface area contributed by atoms with Gasteiger partial charge in [-0.25, -0.2) is 0 Å². The Bertz CT molecular complexity index is 4380. The molecule has 0 bridgehead atoms. The van der Waals surface area contributed by atoms with Crippen LogP contribution in [0.4, 0.5) is 0 Å². The summed E-state index contributed by atoms with van der Waals surface area (Å²) in [5.74, 6) is 1.08. The molecule has 0 aliphatic heterocycles. The van der Waals surface area contributed by atoms with Crippen LogP contribution in [-0.4, -0.2) is 0 Å². The molecule has 0 amide bonds. The summed E-state index contributed by atoms with van der Waals surface area (Å²) < 4.78 is 0. The maximum Gasteiger partial charge on any atom is 0.0161 e. The fourth-order valence-electron chi connectivity index (χ4n) is 15.3. The monoisotopic (exact) mass is 956 g/mol. The van der Waals surface area contributed by atoms with Gasteiger partial charge in [-0.05, 0) is 173 Å². The smallest absolute Gasteiger partial charge is 0.0161 e. The second kappa shape index (κ2) is 14.9. The van der Waals surface area contributed by atoms with Crippen molar-refractivity contribution in [3.05, 3.63) is 257 Å². The summed E-state index contributed by atoms with van der Waals surface area (Å²) in [6.45, 7) is 14.5. The van der Waals surface area contributed by atoms with Crippen molar-refractivity contribution in [3.63, 3.8) is 0 Å². The zero-order chi connectivity index (χ0) is 50.3. The molecule has 16 rings (SSSR count). The van der Waals surface area contributed by atoms with E-state index in [-0.39, 0.29) is 16.2 Å². The fraction of sp³-hybridized carbons (Fsp3) is 0.147. The Balaban J connectivity index is 0.846. The third-order valence-corrected chi connectivity index (χ3v) is 19.0. The van der Waals surface area contributed by atoms with Crippen LogP contribution in [0.2, 0.25) is 0 Å². The lowest BCUT2D eigenvalue weighted by molar-refractivity contribution is 0.437. The van der Waals surface area contributed by atoms with Gasteiger partial charge in [0, 0.05) is 28.1 Å². The first-order valence-electron chi connectivity index (χ1n) is 27.2. The molecule has 75 heavy (non-hydrogen) atoms. The predicted molar refractivity (Wildman–Crippen MR) is 319 cm³/mol.